The molecular formula is C13H13N3O3. The summed E-state index contributed by atoms with van der Waals surface area (Å²) >= 11 is 0. The van der Waals surface area contributed by atoms with Gasteiger partial charge in [-0.15, -0.1) is 0 Å². The topological polar surface area (TPSA) is 93.4 Å². The molecule has 0 fully saturated rings. The molecule has 0 aliphatic carbocycles. The highest BCUT2D eigenvalue weighted by Gasteiger charge is 2.35. The maximum Gasteiger partial charge on any atom is 0.326 e. The number of anilines is 1. The van der Waals surface area contributed by atoms with Crippen molar-refractivity contribution in [2.45, 2.75) is 12.5 Å². The van der Waals surface area contributed by atoms with E-state index in [0.29, 0.717) is 6.42 Å². The fourth-order valence-corrected chi connectivity index (χ4v) is 2.21. The number of carbonyl (C=O) groups is 2. The van der Waals surface area contributed by atoms with Gasteiger partial charge in [-0.3, -0.25) is 4.79 Å². The van der Waals surface area contributed by atoms with Crippen molar-refractivity contribution in [2.75, 3.05) is 18.0 Å². The number of benzene rings is 1. The van der Waals surface area contributed by atoms with Crippen LogP contribution < -0.4 is 10.2 Å². The van der Waals surface area contributed by atoms with Gasteiger partial charge in [0.2, 0.25) is 5.91 Å². The number of carboxylic acids is 1. The number of nitriles is 1. The molecule has 98 valence electrons. The van der Waals surface area contributed by atoms with E-state index in [0.717, 1.165) is 11.3 Å². The Morgan fingerprint density at radius 1 is 1.47 bits per heavy atom. The molecule has 6 nitrogen and oxygen atoms in total. The van der Waals surface area contributed by atoms with Crippen LogP contribution in [0.4, 0.5) is 5.69 Å². The first-order valence-corrected chi connectivity index (χ1v) is 5.84. The van der Waals surface area contributed by atoms with Gasteiger partial charge in [0.25, 0.3) is 0 Å². The number of amides is 1. The largest absolute Gasteiger partial charge is 0.480 e. The van der Waals surface area contributed by atoms with Crippen LogP contribution in [-0.4, -0.2) is 36.1 Å². The lowest BCUT2D eigenvalue weighted by atomic mass is 10.1. The number of para-hydroxylation sites is 1. The molecule has 1 aliphatic rings. The number of carboxylic acid groups (broad SMARTS) is 1. The maximum absolute atomic E-state index is 11.6. The number of hydrogen-bond donors (Lipinski definition) is 2. The summed E-state index contributed by atoms with van der Waals surface area (Å²) < 4.78 is 0. The van der Waals surface area contributed by atoms with E-state index in [-0.39, 0.29) is 19.0 Å². The number of aliphatic carboxylic acids is 1. The van der Waals surface area contributed by atoms with Crippen molar-refractivity contribution in [1.29, 1.82) is 5.26 Å². The van der Waals surface area contributed by atoms with Crippen LogP contribution in [-0.2, 0) is 16.0 Å². The van der Waals surface area contributed by atoms with Crippen molar-refractivity contribution >= 4 is 17.6 Å². The van der Waals surface area contributed by atoms with Crippen molar-refractivity contribution in [1.82, 2.24) is 5.32 Å². The molecule has 0 saturated heterocycles. The quantitative estimate of drug-likeness (QED) is 0.750. The van der Waals surface area contributed by atoms with Crippen molar-refractivity contribution in [3.05, 3.63) is 29.8 Å². The van der Waals surface area contributed by atoms with Gasteiger partial charge in [0, 0.05) is 12.1 Å². The van der Waals surface area contributed by atoms with E-state index in [1.165, 1.54) is 0 Å². The predicted molar refractivity (Wildman–Crippen MR) is 67.5 cm³/mol. The minimum Gasteiger partial charge on any atom is -0.480 e. The van der Waals surface area contributed by atoms with Crippen LogP contribution in [0.5, 0.6) is 0 Å². The number of hydrogen-bond acceptors (Lipinski definition) is 4. The molecule has 1 aliphatic heterocycles. The monoisotopic (exact) mass is 259 g/mol. The van der Waals surface area contributed by atoms with Crippen LogP contribution in [0.2, 0.25) is 0 Å². The van der Waals surface area contributed by atoms with Crippen LogP contribution in [0.1, 0.15) is 5.56 Å². The number of nitrogens with one attached hydrogen (secondary N) is 1. The highest BCUT2D eigenvalue weighted by Crippen LogP contribution is 2.31. The van der Waals surface area contributed by atoms with E-state index < -0.39 is 12.0 Å². The van der Waals surface area contributed by atoms with Crippen LogP contribution >= 0.6 is 0 Å². The Bertz CT molecular complexity index is 550. The fraction of sp³-hybridized carbons (Fsp3) is 0.308. The Balaban J connectivity index is 2.18. The Hall–Kier alpha value is -2.55. The predicted octanol–water partition coefficient (Wildman–Crippen LogP) is 0.142. The first-order chi connectivity index (χ1) is 9.13. The summed E-state index contributed by atoms with van der Waals surface area (Å²) in [7, 11) is 0. The zero-order valence-corrected chi connectivity index (χ0v) is 10.2. The molecular weight excluding hydrogens is 246 g/mol. The lowest BCUT2D eigenvalue weighted by Crippen LogP contribution is -2.44. The fourth-order valence-electron chi connectivity index (χ4n) is 2.21. The molecule has 19 heavy (non-hydrogen) atoms. The smallest absolute Gasteiger partial charge is 0.326 e. The first kappa shape index (κ1) is 12.9. The third kappa shape index (κ3) is 2.65. The summed E-state index contributed by atoms with van der Waals surface area (Å²) in [6.45, 7) is -0.137. The summed E-state index contributed by atoms with van der Waals surface area (Å²) in [5, 5.41) is 20.0. The number of carbonyl (C=O) groups excluding carboxylic acids is 1. The average Bonchev–Trinajstić information content (AvgIpc) is 2.76. The van der Waals surface area contributed by atoms with E-state index in [1.807, 2.05) is 24.3 Å². The Labute approximate surface area is 110 Å². The number of nitrogens with zero attached hydrogens (tertiary/aromatic N) is 2. The molecule has 0 spiro atoms. The molecule has 1 aromatic rings. The van der Waals surface area contributed by atoms with Gasteiger partial charge >= 0.3 is 5.97 Å². The Morgan fingerprint density at radius 3 is 2.89 bits per heavy atom. The second-order valence-electron chi connectivity index (χ2n) is 4.25. The standard InChI is InChI=1S/C13H13N3O3/c14-5-6-15-12(17)8-16-10-4-2-1-3-9(10)7-11(16)13(18)19/h1-4,11H,6-8H2,(H,15,17)(H,18,19). The number of fused-ring (bicyclic) bond motifs is 1. The van der Waals surface area contributed by atoms with Gasteiger partial charge in [0.1, 0.15) is 12.6 Å². The lowest BCUT2D eigenvalue weighted by molar-refractivity contribution is -0.138. The van der Waals surface area contributed by atoms with E-state index in [9.17, 15) is 14.7 Å². The van der Waals surface area contributed by atoms with Crippen molar-refractivity contribution in [2.24, 2.45) is 0 Å². The van der Waals surface area contributed by atoms with E-state index >= 15 is 0 Å². The third-order valence-electron chi connectivity index (χ3n) is 3.05. The van der Waals surface area contributed by atoms with E-state index in [2.05, 4.69) is 5.32 Å². The maximum atomic E-state index is 11.6. The molecule has 1 unspecified atom stereocenters. The van der Waals surface area contributed by atoms with Crippen LogP contribution in [0, 0.1) is 11.3 Å². The van der Waals surface area contributed by atoms with Gasteiger partial charge in [-0.2, -0.15) is 5.26 Å². The minimum absolute atomic E-state index is 0.0599. The first-order valence-electron chi connectivity index (χ1n) is 5.84. The number of rotatable bonds is 4. The van der Waals surface area contributed by atoms with Crippen LogP contribution in [0.15, 0.2) is 24.3 Å². The van der Waals surface area contributed by atoms with E-state index in [4.69, 9.17) is 5.26 Å². The second kappa shape index (κ2) is 5.40. The normalized spacial score (nSPS) is 16.6. The van der Waals surface area contributed by atoms with Crippen molar-refractivity contribution < 1.29 is 14.7 Å². The molecule has 1 amide bonds. The zero-order chi connectivity index (χ0) is 13.8. The van der Waals surface area contributed by atoms with Gasteiger partial charge < -0.3 is 15.3 Å². The molecule has 1 aromatic carbocycles. The summed E-state index contributed by atoms with van der Waals surface area (Å²) in [4.78, 5) is 24.4. The van der Waals surface area contributed by atoms with Gasteiger partial charge in [-0.05, 0) is 11.6 Å². The van der Waals surface area contributed by atoms with Crippen LogP contribution in [0.3, 0.4) is 0 Å². The SMILES string of the molecule is N#CCNC(=O)CN1c2ccccc2CC1C(=O)O. The molecule has 1 atom stereocenters. The molecule has 6 heteroatoms. The van der Waals surface area contributed by atoms with Gasteiger partial charge in [0.15, 0.2) is 0 Å². The molecule has 2 N–H and O–H groups in total. The van der Waals surface area contributed by atoms with Gasteiger partial charge in [-0.1, -0.05) is 18.2 Å². The second-order valence-corrected chi connectivity index (χ2v) is 4.25. The van der Waals surface area contributed by atoms with Gasteiger partial charge in [0.05, 0.1) is 12.6 Å². The van der Waals surface area contributed by atoms with Crippen molar-refractivity contribution in [3.63, 3.8) is 0 Å². The van der Waals surface area contributed by atoms with E-state index in [1.54, 1.807) is 11.0 Å². The zero-order valence-electron chi connectivity index (χ0n) is 10.2. The summed E-state index contributed by atoms with van der Waals surface area (Å²) in [5.74, 6) is -1.31. The molecule has 0 saturated carbocycles. The highest BCUT2D eigenvalue weighted by molar-refractivity contribution is 5.88. The van der Waals surface area contributed by atoms with Crippen LogP contribution in [0.25, 0.3) is 0 Å². The van der Waals surface area contributed by atoms with Gasteiger partial charge in [-0.25, -0.2) is 4.79 Å². The highest BCUT2D eigenvalue weighted by atomic mass is 16.4. The molecule has 0 radical (unpaired) electrons. The molecule has 0 bridgehead atoms. The average molecular weight is 259 g/mol. The summed E-state index contributed by atoms with van der Waals surface area (Å²) in [5.41, 5.74) is 1.69. The molecule has 0 aromatic heterocycles. The molecule has 2 rings (SSSR count). The minimum atomic E-state index is -0.954. The van der Waals surface area contributed by atoms with Crippen molar-refractivity contribution in [3.8, 4) is 6.07 Å². The molecule has 1 heterocycles. The third-order valence-corrected chi connectivity index (χ3v) is 3.05. The summed E-state index contributed by atoms with van der Waals surface area (Å²) in [6.07, 6.45) is 0.386. The lowest BCUT2D eigenvalue weighted by Gasteiger charge is -2.23. The Kier molecular flexibility index (Phi) is 3.66. The summed E-state index contributed by atoms with van der Waals surface area (Å²) in [6, 6.07) is 8.39. The Morgan fingerprint density at radius 2 is 2.21 bits per heavy atom.